The minimum Gasteiger partial charge on any atom is -0.354 e. The number of benzene rings is 1. The minimum absolute atomic E-state index is 0.0216. The summed E-state index contributed by atoms with van der Waals surface area (Å²) in [4.78, 5) is 21.4. The van der Waals surface area contributed by atoms with Gasteiger partial charge in [0.05, 0.1) is 6.04 Å². The van der Waals surface area contributed by atoms with Gasteiger partial charge in [-0.05, 0) is 53.2 Å². The fourth-order valence-electron chi connectivity index (χ4n) is 2.87. The number of hydrogen-bond acceptors (Lipinski definition) is 4. The van der Waals surface area contributed by atoms with Crippen molar-refractivity contribution in [3.63, 3.8) is 0 Å². The van der Waals surface area contributed by atoms with Crippen LogP contribution in [0, 0.1) is 0 Å². The molecule has 2 aromatic rings. The Morgan fingerprint density at radius 1 is 1.12 bits per heavy atom. The maximum atomic E-state index is 12.5. The van der Waals surface area contributed by atoms with E-state index < -0.39 is 0 Å². The van der Waals surface area contributed by atoms with Crippen LogP contribution in [-0.2, 0) is 4.79 Å². The Balaban J connectivity index is 1.54. The Bertz CT molecular complexity index is 730. The van der Waals surface area contributed by atoms with Crippen LogP contribution in [0.2, 0.25) is 0 Å². The number of carbonyl (C=O) groups is 1. The van der Waals surface area contributed by atoms with Crippen LogP contribution in [0.15, 0.2) is 51.5 Å². The molecular weight excluding hydrogens is 448 g/mol. The van der Waals surface area contributed by atoms with Crippen LogP contribution in [-0.4, -0.2) is 48.0 Å². The summed E-state index contributed by atoms with van der Waals surface area (Å²) in [6, 6.07) is 11.5. The Hall–Kier alpha value is -1.44. The molecule has 7 heteroatoms. The normalized spacial score (nSPS) is 16.5. The summed E-state index contributed by atoms with van der Waals surface area (Å²) in [5.41, 5.74) is 0.809. The van der Waals surface area contributed by atoms with Crippen molar-refractivity contribution in [2.24, 2.45) is 0 Å². The van der Waals surface area contributed by atoms with Crippen LogP contribution in [0.5, 0.6) is 0 Å². The highest BCUT2D eigenvalue weighted by Crippen LogP contribution is 2.19. The van der Waals surface area contributed by atoms with Crippen LogP contribution in [0.4, 0.5) is 11.5 Å². The van der Waals surface area contributed by atoms with Crippen LogP contribution in [0.25, 0.3) is 0 Å². The van der Waals surface area contributed by atoms with Gasteiger partial charge < -0.3 is 10.2 Å². The average Bonchev–Trinajstić information content (AvgIpc) is 2.62. The van der Waals surface area contributed by atoms with Crippen molar-refractivity contribution in [1.29, 1.82) is 0 Å². The summed E-state index contributed by atoms with van der Waals surface area (Å²) in [7, 11) is 0. The number of piperazine rings is 1. The van der Waals surface area contributed by atoms with E-state index in [0.717, 1.165) is 46.6 Å². The second-order valence-electron chi connectivity index (χ2n) is 6.03. The molecule has 1 aliphatic heterocycles. The van der Waals surface area contributed by atoms with Gasteiger partial charge in [0.1, 0.15) is 5.82 Å². The number of amides is 1. The molecule has 25 heavy (non-hydrogen) atoms. The molecule has 1 N–H and O–H groups in total. The van der Waals surface area contributed by atoms with Gasteiger partial charge in [0.25, 0.3) is 0 Å². The zero-order chi connectivity index (χ0) is 17.8. The van der Waals surface area contributed by atoms with Crippen molar-refractivity contribution >= 4 is 49.3 Å². The molecule has 0 saturated carbocycles. The van der Waals surface area contributed by atoms with E-state index in [1.165, 1.54) is 0 Å². The molecule has 1 saturated heterocycles. The van der Waals surface area contributed by atoms with Crippen LogP contribution < -0.4 is 10.2 Å². The van der Waals surface area contributed by atoms with Crippen LogP contribution in [0.1, 0.15) is 6.92 Å². The summed E-state index contributed by atoms with van der Waals surface area (Å²) in [5.74, 6) is 1.00. The van der Waals surface area contributed by atoms with Crippen molar-refractivity contribution in [2.45, 2.75) is 13.0 Å². The van der Waals surface area contributed by atoms with E-state index in [0.29, 0.717) is 0 Å². The number of aromatic nitrogens is 1. The van der Waals surface area contributed by atoms with Crippen LogP contribution >= 0.6 is 31.9 Å². The maximum absolute atomic E-state index is 12.5. The number of hydrogen-bond donors (Lipinski definition) is 1. The van der Waals surface area contributed by atoms with E-state index >= 15 is 0 Å². The molecular formula is C18H20Br2N4O. The van der Waals surface area contributed by atoms with E-state index in [4.69, 9.17) is 0 Å². The summed E-state index contributed by atoms with van der Waals surface area (Å²) in [6.07, 6.45) is 1.82. The molecule has 1 aromatic heterocycles. The first-order chi connectivity index (χ1) is 12.0. The molecule has 132 valence electrons. The van der Waals surface area contributed by atoms with Gasteiger partial charge in [0.15, 0.2) is 0 Å². The smallest absolute Gasteiger partial charge is 0.241 e. The summed E-state index contributed by atoms with van der Waals surface area (Å²) in [6.45, 7) is 5.36. The van der Waals surface area contributed by atoms with Gasteiger partial charge >= 0.3 is 0 Å². The maximum Gasteiger partial charge on any atom is 0.241 e. The molecule has 3 rings (SSSR count). The third-order valence-corrected chi connectivity index (χ3v) is 5.33. The highest BCUT2D eigenvalue weighted by Gasteiger charge is 2.26. The monoisotopic (exact) mass is 466 g/mol. The lowest BCUT2D eigenvalue weighted by Gasteiger charge is -2.38. The molecule has 0 spiro atoms. The zero-order valence-corrected chi connectivity index (χ0v) is 17.1. The number of nitrogens with one attached hydrogen (secondary N) is 1. The highest BCUT2D eigenvalue weighted by atomic mass is 79.9. The minimum atomic E-state index is -0.168. The number of carbonyl (C=O) groups excluding carboxylic acids is 1. The molecule has 1 atom stereocenters. The largest absolute Gasteiger partial charge is 0.354 e. The molecule has 1 aromatic carbocycles. The zero-order valence-electron chi connectivity index (χ0n) is 14.0. The first-order valence-electron chi connectivity index (χ1n) is 8.20. The molecule has 2 heterocycles. The highest BCUT2D eigenvalue weighted by molar-refractivity contribution is 9.10. The number of halogens is 2. The summed E-state index contributed by atoms with van der Waals surface area (Å²) < 4.78 is 1.93. The SMILES string of the molecule is CC(C(=O)Nc1cccc(Br)c1)N1CCN(c2ccc(Br)cn2)CC1. The predicted molar refractivity (Wildman–Crippen MR) is 108 cm³/mol. The molecule has 5 nitrogen and oxygen atoms in total. The number of pyridine rings is 1. The van der Waals surface area contributed by atoms with Gasteiger partial charge in [-0.1, -0.05) is 22.0 Å². The summed E-state index contributed by atoms with van der Waals surface area (Å²) in [5, 5.41) is 2.99. The first-order valence-corrected chi connectivity index (χ1v) is 9.78. The molecule has 0 radical (unpaired) electrons. The quantitative estimate of drug-likeness (QED) is 0.743. The standard InChI is InChI=1S/C18H20Br2N4O/c1-13(18(25)22-16-4-2-3-14(19)11-16)23-7-9-24(10-8-23)17-6-5-15(20)12-21-17/h2-6,11-13H,7-10H2,1H3,(H,22,25). The van der Waals surface area contributed by atoms with Gasteiger partial charge in [-0.15, -0.1) is 0 Å². The topological polar surface area (TPSA) is 48.5 Å². The van der Waals surface area contributed by atoms with Gasteiger partial charge in [-0.2, -0.15) is 0 Å². The van der Waals surface area contributed by atoms with Crippen molar-refractivity contribution in [2.75, 3.05) is 36.4 Å². The van der Waals surface area contributed by atoms with Crippen molar-refractivity contribution in [3.05, 3.63) is 51.5 Å². The molecule has 1 aliphatic rings. The summed E-state index contributed by atoms with van der Waals surface area (Å²) >= 11 is 6.83. The van der Waals surface area contributed by atoms with E-state index in [9.17, 15) is 4.79 Å². The predicted octanol–water partition coefficient (Wildman–Crippen LogP) is 3.76. The van der Waals surface area contributed by atoms with Crippen molar-refractivity contribution in [1.82, 2.24) is 9.88 Å². The Labute approximate surface area is 164 Å². The molecule has 0 bridgehead atoms. The van der Waals surface area contributed by atoms with E-state index in [-0.39, 0.29) is 11.9 Å². The molecule has 0 aliphatic carbocycles. The lowest BCUT2D eigenvalue weighted by molar-refractivity contribution is -0.120. The lowest BCUT2D eigenvalue weighted by Crippen LogP contribution is -2.53. The third kappa shape index (κ3) is 4.80. The fourth-order valence-corrected chi connectivity index (χ4v) is 3.51. The fraction of sp³-hybridized carbons (Fsp3) is 0.333. The Morgan fingerprint density at radius 3 is 2.52 bits per heavy atom. The van der Waals surface area contributed by atoms with Crippen molar-refractivity contribution < 1.29 is 4.79 Å². The first kappa shape index (κ1) is 18.4. The van der Waals surface area contributed by atoms with E-state index in [1.54, 1.807) is 0 Å². The number of rotatable bonds is 4. The second-order valence-corrected chi connectivity index (χ2v) is 7.86. The van der Waals surface area contributed by atoms with Crippen LogP contribution in [0.3, 0.4) is 0 Å². The van der Waals surface area contributed by atoms with E-state index in [1.807, 2.05) is 49.5 Å². The Kier molecular flexibility index (Phi) is 6.09. The number of anilines is 2. The molecule has 1 amide bonds. The molecule has 1 fully saturated rings. The average molecular weight is 468 g/mol. The third-order valence-electron chi connectivity index (χ3n) is 4.37. The van der Waals surface area contributed by atoms with E-state index in [2.05, 4.69) is 52.0 Å². The van der Waals surface area contributed by atoms with Gasteiger partial charge in [-0.3, -0.25) is 9.69 Å². The van der Waals surface area contributed by atoms with Gasteiger partial charge in [0, 0.05) is 47.0 Å². The second kappa shape index (κ2) is 8.29. The molecule has 1 unspecified atom stereocenters. The van der Waals surface area contributed by atoms with Gasteiger partial charge in [0.2, 0.25) is 5.91 Å². The van der Waals surface area contributed by atoms with Gasteiger partial charge in [-0.25, -0.2) is 4.98 Å². The number of nitrogens with zero attached hydrogens (tertiary/aromatic N) is 3. The van der Waals surface area contributed by atoms with Crippen molar-refractivity contribution in [3.8, 4) is 0 Å². The lowest BCUT2D eigenvalue weighted by atomic mass is 10.2. The Morgan fingerprint density at radius 2 is 1.88 bits per heavy atom.